The summed E-state index contributed by atoms with van der Waals surface area (Å²) in [7, 11) is 0. The fraction of sp³-hybridized carbons (Fsp3) is 0. The van der Waals surface area contributed by atoms with Gasteiger partial charge in [-0.05, 0) is 307 Å². The van der Waals surface area contributed by atoms with E-state index in [0.29, 0.717) is 0 Å². The summed E-state index contributed by atoms with van der Waals surface area (Å²) in [5.41, 5.74) is 32.8. The van der Waals surface area contributed by atoms with Crippen LogP contribution < -0.4 is 14.7 Å². The second kappa shape index (κ2) is 35.6. The van der Waals surface area contributed by atoms with E-state index < -0.39 is 0 Å². The monoisotopic (exact) mass is 1790 g/mol. The van der Waals surface area contributed by atoms with E-state index >= 15 is 0 Å². The molecule has 26 rings (SSSR count). The van der Waals surface area contributed by atoms with Crippen LogP contribution in [-0.2, 0) is 0 Å². The van der Waals surface area contributed by atoms with Gasteiger partial charge in [-0.1, -0.05) is 437 Å². The van der Waals surface area contributed by atoms with Gasteiger partial charge >= 0.3 is 0 Å². The predicted molar refractivity (Wildman–Crippen MR) is 602 cm³/mol. The Hall–Kier alpha value is -18.5. The molecule has 26 aromatic rings. The third kappa shape index (κ3) is 15.1. The Morgan fingerprint density at radius 2 is 0.319 bits per heavy atom. The minimum absolute atomic E-state index is 1.04. The average molecular weight is 1790 g/mol. The Morgan fingerprint density at radius 3 is 0.752 bits per heavy atom. The molecule has 0 fully saturated rings. The lowest BCUT2D eigenvalue weighted by atomic mass is 9.91. The van der Waals surface area contributed by atoms with Gasteiger partial charge in [-0.25, -0.2) is 0 Å². The van der Waals surface area contributed by atoms with Crippen molar-refractivity contribution < 1.29 is 0 Å². The van der Waals surface area contributed by atoms with Gasteiger partial charge in [0, 0.05) is 50.8 Å². The minimum Gasteiger partial charge on any atom is -0.310 e. The zero-order valence-corrected chi connectivity index (χ0v) is 77.4. The summed E-state index contributed by atoms with van der Waals surface area (Å²) >= 11 is 0. The fourth-order valence-electron chi connectivity index (χ4n) is 22.1. The van der Waals surface area contributed by atoms with Crippen LogP contribution in [0.15, 0.2) is 552 Å². The molecule has 3 nitrogen and oxygen atoms in total. The quantitative estimate of drug-likeness (QED) is 0.0747. The highest BCUT2D eigenvalue weighted by Crippen LogP contribution is 2.52. The van der Waals surface area contributed by atoms with Crippen LogP contribution >= 0.6 is 0 Å². The summed E-state index contributed by atoms with van der Waals surface area (Å²) in [6, 6.07) is 204. The molecule has 0 amide bonds. The van der Waals surface area contributed by atoms with Crippen molar-refractivity contribution in [1.29, 1.82) is 0 Å². The molecule has 0 N–H and O–H groups in total. The Bertz CT molecular complexity index is 9330. The molecule has 0 saturated heterocycles. The maximum atomic E-state index is 2.45. The van der Waals surface area contributed by atoms with Crippen LogP contribution in [0.3, 0.4) is 0 Å². The maximum Gasteiger partial charge on any atom is 0.0540 e. The number of hydrogen-bond donors (Lipinski definition) is 0. The zero-order valence-electron chi connectivity index (χ0n) is 77.4. The van der Waals surface area contributed by atoms with Crippen molar-refractivity contribution in [2.24, 2.45) is 0 Å². The summed E-state index contributed by atoms with van der Waals surface area (Å²) in [5, 5.41) is 22.0. The van der Waals surface area contributed by atoms with Crippen LogP contribution in [0.1, 0.15) is 0 Å². The van der Waals surface area contributed by atoms with Crippen molar-refractivity contribution in [2.75, 3.05) is 14.7 Å². The SMILES string of the molecule is c1ccc(-c2cccc(N(c3ccc(-c4cc5ccccc5c5ccccc45)cc3)c3ccccc3-c3cccc4cc(-c5ccc(-c6ccc(N(c7ccc(-c8cc9ccccc9c9ccccc89)cc7)c7ccccc7-c7cccc8c(-c9ccc(N(c%10ccc(-c%11cc%12ccccc%12c%12ccccc%11%12)cc%10)c%10ccccc%10-c%10cccc%11ccccc%10%11)cc9)cccc78)cc6)cc5)ccc34)c2)cc1. The Labute approximate surface area is 820 Å². The molecular weight excluding hydrogens is 1700 g/mol. The fourth-order valence-corrected chi connectivity index (χ4v) is 22.1. The van der Waals surface area contributed by atoms with E-state index in [0.717, 1.165) is 129 Å². The Balaban J connectivity index is 0.532. The molecule has 658 valence electrons. The number of fused-ring (bicyclic) bond motifs is 12. The lowest BCUT2D eigenvalue weighted by Gasteiger charge is -2.29. The van der Waals surface area contributed by atoms with E-state index in [2.05, 4.69) is 567 Å². The van der Waals surface area contributed by atoms with Gasteiger partial charge in [0.25, 0.3) is 0 Å². The number of para-hydroxylation sites is 3. The maximum absolute atomic E-state index is 2.45. The van der Waals surface area contributed by atoms with Crippen molar-refractivity contribution in [3.05, 3.63) is 552 Å². The van der Waals surface area contributed by atoms with Crippen LogP contribution in [0.25, 0.3) is 208 Å². The predicted octanol–water partition coefficient (Wildman–Crippen LogP) is 39.1. The molecule has 0 heterocycles. The van der Waals surface area contributed by atoms with Crippen LogP contribution in [0.5, 0.6) is 0 Å². The molecule has 0 radical (unpaired) electrons. The second-order valence-corrected chi connectivity index (χ2v) is 36.8. The molecule has 141 heavy (non-hydrogen) atoms. The third-order valence-electron chi connectivity index (χ3n) is 28.8. The topological polar surface area (TPSA) is 9.72 Å². The van der Waals surface area contributed by atoms with Crippen molar-refractivity contribution >= 4 is 148 Å². The molecule has 0 aliphatic heterocycles. The molecular formula is C138H91N3. The van der Waals surface area contributed by atoms with Crippen LogP contribution in [0.4, 0.5) is 51.2 Å². The number of nitrogens with zero attached hydrogens (tertiary/aromatic N) is 3. The average Bonchev–Trinajstić information content (AvgIpc) is 0.775. The largest absolute Gasteiger partial charge is 0.310 e. The first-order chi connectivity index (χ1) is 69.9. The van der Waals surface area contributed by atoms with Gasteiger partial charge in [-0.15, -0.1) is 0 Å². The van der Waals surface area contributed by atoms with Crippen molar-refractivity contribution in [2.45, 2.75) is 0 Å². The van der Waals surface area contributed by atoms with Crippen LogP contribution in [-0.4, -0.2) is 0 Å². The highest BCUT2D eigenvalue weighted by molar-refractivity contribution is 6.18. The molecule has 0 spiro atoms. The standard InChI is InChI=1S/C138H91N3/c1-2-29-92(30-3-1)101-36-24-38-112(88-101)141(111-84-73-100(74-85-111)135-91-106-34-7-11-42-117(106)121-45-14-17-48-129(121)135)138-60-23-19-50-131(138)124-54-26-37-103-87-102(75-86-118(103)124)95-63-61-93(62-64-95)94-65-76-107(77-66-94)139(109-80-69-98(70-81-109)133-89-104-32-5-9-40-115(104)119-43-12-15-46-127(119)133)137-59-22-20-51-132(137)126-57-28-55-122-114(52-27-56-125(122)126)97-67-78-108(79-68-97)140(136-58-21-18-49-130(136)123-53-25-35-96-31-4-8-39-113(96)123)110-82-71-99(72-83-110)134-90-105-33-6-10-41-116(105)120-44-13-16-47-128(120)134/h1-91H. The van der Waals surface area contributed by atoms with Crippen molar-refractivity contribution in [3.8, 4) is 111 Å². The van der Waals surface area contributed by atoms with Crippen LogP contribution in [0, 0.1) is 0 Å². The van der Waals surface area contributed by atoms with Gasteiger partial charge in [-0.2, -0.15) is 0 Å². The van der Waals surface area contributed by atoms with E-state index in [4.69, 9.17) is 0 Å². The molecule has 0 unspecified atom stereocenters. The van der Waals surface area contributed by atoms with E-state index in [-0.39, 0.29) is 0 Å². The molecule has 0 atom stereocenters. The van der Waals surface area contributed by atoms with Gasteiger partial charge in [-0.3, -0.25) is 0 Å². The summed E-state index contributed by atoms with van der Waals surface area (Å²) in [6.07, 6.45) is 0. The minimum atomic E-state index is 1.04. The van der Waals surface area contributed by atoms with Crippen LogP contribution in [0.2, 0.25) is 0 Å². The lowest BCUT2D eigenvalue weighted by Crippen LogP contribution is -2.11. The van der Waals surface area contributed by atoms with E-state index in [9.17, 15) is 0 Å². The first-order valence-corrected chi connectivity index (χ1v) is 48.6. The summed E-state index contributed by atoms with van der Waals surface area (Å²) in [4.78, 5) is 7.33. The first kappa shape index (κ1) is 83.1. The molecule has 3 heteroatoms. The summed E-state index contributed by atoms with van der Waals surface area (Å²) < 4.78 is 0. The highest BCUT2D eigenvalue weighted by Gasteiger charge is 2.26. The highest BCUT2D eigenvalue weighted by atomic mass is 15.2. The Kier molecular flexibility index (Phi) is 21.0. The molecule has 0 aromatic heterocycles. The van der Waals surface area contributed by atoms with Gasteiger partial charge in [0.15, 0.2) is 0 Å². The molecule has 0 aliphatic rings. The van der Waals surface area contributed by atoms with E-state index in [1.165, 1.54) is 131 Å². The molecule has 0 bridgehead atoms. The summed E-state index contributed by atoms with van der Waals surface area (Å²) in [5.74, 6) is 0. The van der Waals surface area contributed by atoms with Crippen molar-refractivity contribution in [3.63, 3.8) is 0 Å². The van der Waals surface area contributed by atoms with Gasteiger partial charge < -0.3 is 14.7 Å². The molecule has 0 aliphatic carbocycles. The van der Waals surface area contributed by atoms with E-state index in [1.807, 2.05) is 0 Å². The second-order valence-electron chi connectivity index (χ2n) is 36.8. The third-order valence-corrected chi connectivity index (χ3v) is 28.8. The number of hydrogen-bond acceptors (Lipinski definition) is 3. The lowest BCUT2D eigenvalue weighted by molar-refractivity contribution is 1.28. The summed E-state index contributed by atoms with van der Waals surface area (Å²) in [6.45, 7) is 0. The van der Waals surface area contributed by atoms with Gasteiger partial charge in [0.1, 0.15) is 0 Å². The van der Waals surface area contributed by atoms with Gasteiger partial charge in [0.05, 0.1) is 17.1 Å². The number of benzene rings is 26. The molecule has 0 saturated carbocycles. The van der Waals surface area contributed by atoms with Gasteiger partial charge in [0.2, 0.25) is 0 Å². The Morgan fingerprint density at radius 1 is 0.0922 bits per heavy atom. The number of anilines is 9. The molecule has 26 aromatic carbocycles. The van der Waals surface area contributed by atoms with Crippen molar-refractivity contribution in [1.82, 2.24) is 0 Å². The number of rotatable bonds is 19. The van der Waals surface area contributed by atoms with E-state index in [1.54, 1.807) is 0 Å². The first-order valence-electron chi connectivity index (χ1n) is 48.6. The smallest absolute Gasteiger partial charge is 0.0540 e. The normalized spacial score (nSPS) is 11.5. The zero-order chi connectivity index (χ0) is 93.2.